The summed E-state index contributed by atoms with van der Waals surface area (Å²) in [6.07, 6.45) is 12.7. The van der Waals surface area contributed by atoms with Crippen molar-refractivity contribution < 1.29 is 19.4 Å². The van der Waals surface area contributed by atoms with Crippen molar-refractivity contribution >= 4 is 12.0 Å². The molecule has 2 aliphatic carbocycles. The number of hydrogen-bond acceptors (Lipinski definition) is 5. The standard InChI is InChI=1S/C20H25NO3.C11H19NO.2CH4/c1-14-7-9-17(15(2)13-14)20-21(11-12-24-20)19(23)10-8-16-5-3-4-6-18(16)22;1-8-3-4-10(9(2)7-8)11-12-5-6-13-11;;/h3-6,8,10,13,15,17,20,22H,7,9,11-12H2,1-2H3;7,9-12H,3-6H2,1-2H3;2*1H4/b10-8+;;;. The lowest BCUT2D eigenvalue weighted by Crippen LogP contribution is -2.42. The van der Waals surface area contributed by atoms with Crippen molar-refractivity contribution in [2.45, 2.75) is 80.7 Å². The largest absolute Gasteiger partial charge is 0.507 e. The Bertz CT molecular complexity index is 1010. The number of ether oxygens (including phenoxy) is 2. The first-order valence-electron chi connectivity index (χ1n) is 13.9. The highest BCUT2D eigenvalue weighted by molar-refractivity contribution is 5.92. The van der Waals surface area contributed by atoms with Crippen molar-refractivity contribution in [2.75, 3.05) is 26.3 Å². The number of nitrogens with zero attached hydrogens (tertiary/aromatic N) is 1. The fourth-order valence-electron chi connectivity index (χ4n) is 6.14. The van der Waals surface area contributed by atoms with E-state index in [0.717, 1.165) is 26.0 Å². The number of allylic oxidation sites excluding steroid dienone is 4. The summed E-state index contributed by atoms with van der Waals surface area (Å²) in [5.41, 5.74) is 3.61. The van der Waals surface area contributed by atoms with Crippen molar-refractivity contribution in [2.24, 2.45) is 23.7 Å². The quantitative estimate of drug-likeness (QED) is 0.325. The summed E-state index contributed by atoms with van der Waals surface area (Å²) >= 11 is 0. The number of aromatic hydroxyl groups is 1. The van der Waals surface area contributed by atoms with Crippen LogP contribution >= 0.6 is 0 Å². The Morgan fingerprint density at radius 1 is 0.974 bits per heavy atom. The number of nitrogens with one attached hydrogen (secondary N) is 1. The Hall–Kier alpha value is -2.41. The maximum Gasteiger partial charge on any atom is 0.248 e. The highest BCUT2D eigenvalue weighted by Gasteiger charge is 2.38. The molecule has 0 spiro atoms. The number of carbonyl (C=O) groups is 1. The molecule has 2 saturated heterocycles. The zero-order valence-electron chi connectivity index (χ0n) is 22.9. The lowest BCUT2D eigenvalue weighted by atomic mass is 9.80. The highest BCUT2D eigenvalue weighted by Crippen LogP contribution is 2.35. The Labute approximate surface area is 237 Å². The van der Waals surface area contributed by atoms with Gasteiger partial charge in [0, 0.05) is 36.6 Å². The molecule has 2 N–H and O–H groups in total. The number of phenolic OH excluding ortho intramolecular Hbond substituents is 1. The normalized spacial score (nSPS) is 30.4. The third kappa shape index (κ3) is 8.54. The van der Waals surface area contributed by atoms with E-state index in [4.69, 9.17) is 9.47 Å². The van der Waals surface area contributed by atoms with E-state index in [1.807, 2.05) is 11.0 Å². The summed E-state index contributed by atoms with van der Waals surface area (Å²) in [5, 5.41) is 13.2. The topological polar surface area (TPSA) is 71.0 Å². The Balaban J connectivity index is 0.000000303. The van der Waals surface area contributed by atoms with Gasteiger partial charge in [-0.25, -0.2) is 0 Å². The van der Waals surface area contributed by atoms with Crippen LogP contribution in [0.25, 0.3) is 6.08 Å². The monoisotopic (exact) mass is 540 g/mol. The predicted octanol–water partition coefficient (Wildman–Crippen LogP) is 6.78. The van der Waals surface area contributed by atoms with E-state index in [2.05, 4.69) is 45.2 Å². The van der Waals surface area contributed by atoms with Gasteiger partial charge in [-0.2, -0.15) is 0 Å². The first-order valence-corrected chi connectivity index (χ1v) is 13.9. The van der Waals surface area contributed by atoms with E-state index in [9.17, 15) is 9.90 Å². The molecule has 39 heavy (non-hydrogen) atoms. The van der Waals surface area contributed by atoms with E-state index >= 15 is 0 Å². The zero-order chi connectivity index (χ0) is 26.4. The molecule has 6 unspecified atom stereocenters. The molecule has 6 heteroatoms. The lowest BCUT2D eigenvalue weighted by molar-refractivity contribution is -0.134. The van der Waals surface area contributed by atoms with Crippen molar-refractivity contribution in [1.82, 2.24) is 10.2 Å². The molecule has 0 bridgehead atoms. The minimum atomic E-state index is -0.147. The zero-order valence-corrected chi connectivity index (χ0v) is 22.9. The second-order valence-electron chi connectivity index (χ2n) is 11.1. The predicted molar refractivity (Wildman–Crippen MR) is 161 cm³/mol. The molecule has 5 rings (SSSR count). The Kier molecular flexibility index (Phi) is 12.9. The summed E-state index contributed by atoms with van der Waals surface area (Å²) in [6.45, 7) is 12.0. The summed E-state index contributed by atoms with van der Waals surface area (Å²) < 4.78 is 11.6. The van der Waals surface area contributed by atoms with Crippen LogP contribution in [0, 0.1) is 23.7 Å². The van der Waals surface area contributed by atoms with E-state index in [-0.39, 0.29) is 32.7 Å². The lowest BCUT2D eigenvalue weighted by Gasteiger charge is -2.35. The van der Waals surface area contributed by atoms with Gasteiger partial charge in [-0.1, -0.05) is 70.2 Å². The average Bonchev–Trinajstić information content (AvgIpc) is 3.57. The molecule has 0 aromatic heterocycles. The van der Waals surface area contributed by atoms with Gasteiger partial charge in [0.1, 0.15) is 18.2 Å². The third-order valence-electron chi connectivity index (χ3n) is 8.24. The van der Waals surface area contributed by atoms with Crippen LogP contribution in [0.2, 0.25) is 0 Å². The highest BCUT2D eigenvalue weighted by atomic mass is 16.5. The van der Waals surface area contributed by atoms with Crippen LogP contribution in [-0.2, 0) is 14.3 Å². The van der Waals surface area contributed by atoms with Gasteiger partial charge in [-0.3, -0.25) is 10.1 Å². The summed E-state index contributed by atoms with van der Waals surface area (Å²) in [6, 6.07) is 7.00. The minimum absolute atomic E-state index is 0. The Morgan fingerprint density at radius 3 is 2.21 bits per heavy atom. The van der Waals surface area contributed by atoms with Gasteiger partial charge in [-0.05, 0) is 63.5 Å². The maximum atomic E-state index is 12.6. The number of benzene rings is 1. The van der Waals surface area contributed by atoms with E-state index in [1.54, 1.807) is 29.8 Å². The van der Waals surface area contributed by atoms with Crippen molar-refractivity contribution in [3.8, 4) is 5.75 Å². The maximum absolute atomic E-state index is 12.6. The molecule has 2 fully saturated rings. The second-order valence-corrected chi connectivity index (χ2v) is 11.1. The van der Waals surface area contributed by atoms with Gasteiger partial charge in [0.25, 0.3) is 0 Å². The number of amides is 1. The third-order valence-corrected chi connectivity index (χ3v) is 8.24. The van der Waals surface area contributed by atoms with Gasteiger partial charge in [0.05, 0.1) is 13.2 Å². The molecule has 6 atom stereocenters. The smallest absolute Gasteiger partial charge is 0.248 e. The SMILES string of the molecule is C.C.CC1=CC(C)C(C2NCCO2)CC1.CC1=CC(C)C(C2OCCN2C(=O)/C=C/c2ccccc2O)CC1. The average molecular weight is 541 g/mol. The molecule has 4 aliphatic rings. The van der Waals surface area contributed by atoms with Crippen LogP contribution in [0.1, 0.15) is 73.8 Å². The summed E-state index contributed by atoms with van der Waals surface area (Å²) in [7, 11) is 0. The molecule has 0 radical (unpaired) electrons. The first-order chi connectivity index (χ1) is 17.8. The number of para-hydroxylation sites is 1. The van der Waals surface area contributed by atoms with Gasteiger partial charge in [0.2, 0.25) is 5.91 Å². The molecule has 1 amide bonds. The van der Waals surface area contributed by atoms with Crippen LogP contribution in [0.5, 0.6) is 5.75 Å². The molecular formula is C33H52N2O4. The fraction of sp³-hybridized carbons (Fsp3) is 0.606. The van der Waals surface area contributed by atoms with Crippen molar-refractivity contribution in [3.05, 3.63) is 59.2 Å². The summed E-state index contributed by atoms with van der Waals surface area (Å²) in [4.78, 5) is 14.4. The van der Waals surface area contributed by atoms with Crippen LogP contribution in [0.4, 0.5) is 0 Å². The number of carbonyl (C=O) groups excluding carboxylic acids is 1. The van der Waals surface area contributed by atoms with Crippen molar-refractivity contribution in [3.63, 3.8) is 0 Å². The Morgan fingerprint density at radius 2 is 1.62 bits per heavy atom. The molecule has 2 heterocycles. The van der Waals surface area contributed by atoms with Crippen LogP contribution in [0.15, 0.2) is 53.6 Å². The summed E-state index contributed by atoms with van der Waals surface area (Å²) in [5.74, 6) is 2.24. The number of hydrogen-bond donors (Lipinski definition) is 2. The fourth-order valence-corrected chi connectivity index (χ4v) is 6.14. The van der Waals surface area contributed by atoms with E-state index in [1.165, 1.54) is 24.5 Å². The van der Waals surface area contributed by atoms with Gasteiger partial charge < -0.3 is 19.5 Å². The van der Waals surface area contributed by atoms with E-state index in [0.29, 0.717) is 48.6 Å². The molecule has 218 valence electrons. The van der Waals surface area contributed by atoms with Crippen molar-refractivity contribution in [1.29, 1.82) is 0 Å². The number of rotatable bonds is 4. The van der Waals surface area contributed by atoms with Gasteiger partial charge in [0.15, 0.2) is 0 Å². The second kappa shape index (κ2) is 15.4. The first kappa shape index (κ1) is 32.8. The van der Waals surface area contributed by atoms with Gasteiger partial charge >= 0.3 is 0 Å². The molecule has 1 aromatic rings. The van der Waals surface area contributed by atoms with Crippen LogP contribution < -0.4 is 5.32 Å². The molecular weight excluding hydrogens is 488 g/mol. The van der Waals surface area contributed by atoms with Gasteiger partial charge in [-0.15, -0.1) is 0 Å². The molecule has 1 aromatic carbocycles. The van der Waals surface area contributed by atoms with Crippen LogP contribution in [-0.4, -0.2) is 54.7 Å². The molecule has 2 aliphatic heterocycles. The van der Waals surface area contributed by atoms with Crippen LogP contribution in [0.3, 0.4) is 0 Å². The molecule has 0 saturated carbocycles. The number of phenols is 1. The van der Waals surface area contributed by atoms with E-state index < -0.39 is 0 Å². The minimum Gasteiger partial charge on any atom is -0.507 e. The molecule has 6 nitrogen and oxygen atoms in total.